The zero-order chi connectivity index (χ0) is 15.9. The van der Waals surface area contributed by atoms with Gasteiger partial charge in [-0.3, -0.25) is 0 Å². The Hall–Kier alpha value is -1.14. The van der Waals surface area contributed by atoms with E-state index in [0.717, 1.165) is 17.1 Å². The van der Waals surface area contributed by atoms with Crippen LogP contribution >= 0.6 is 11.3 Å². The lowest BCUT2D eigenvalue weighted by Gasteiger charge is -2.23. The molecule has 0 spiro atoms. The Morgan fingerprint density at radius 2 is 2.14 bits per heavy atom. The van der Waals surface area contributed by atoms with Crippen molar-refractivity contribution in [3.8, 4) is 0 Å². The van der Waals surface area contributed by atoms with Gasteiger partial charge in [-0.2, -0.15) is 0 Å². The second-order valence-corrected chi connectivity index (χ2v) is 7.22. The van der Waals surface area contributed by atoms with Crippen molar-refractivity contribution in [1.29, 1.82) is 0 Å². The Morgan fingerprint density at radius 1 is 1.43 bits per heavy atom. The summed E-state index contributed by atoms with van der Waals surface area (Å²) in [6, 6.07) is -0.166. The van der Waals surface area contributed by atoms with Crippen molar-refractivity contribution in [3.63, 3.8) is 0 Å². The summed E-state index contributed by atoms with van der Waals surface area (Å²) in [7, 11) is 0. The van der Waals surface area contributed by atoms with Crippen LogP contribution < -0.4 is 10.6 Å². The SMILES string of the molecule is CC(C)c1nc(CCNC(=O)NCC(C)(C)CCO)cs1. The molecule has 0 saturated heterocycles. The molecule has 0 bridgehead atoms. The van der Waals surface area contributed by atoms with Gasteiger partial charge < -0.3 is 15.7 Å². The number of hydrogen-bond acceptors (Lipinski definition) is 4. The number of hydrogen-bond donors (Lipinski definition) is 3. The van der Waals surface area contributed by atoms with Crippen LogP contribution in [0.15, 0.2) is 5.38 Å². The summed E-state index contributed by atoms with van der Waals surface area (Å²) < 4.78 is 0. The fourth-order valence-corrected chi connectivity index (χ4v) is 2.65. The second kappa shape index (κ2) is 8.34. The molecule has 1 heterocycles. The highest BCUT2D eigenvalue weighted by Gasteiger charge is 2.17. The summed E-state index contributed by atoms with van der Waals surface area (Å²) in [5, 5.41) is 17.8. The average Bonchev–Trinajstić information content (AvgIpc) is 2.85. The van der Waals surface area contributed by atoms with Gasteiger partial charge in [-0.25, -0.2) is 9.78 Å². The Morgan fingerprint density at radius 3 is 2.71 bits per heavy atom. The van der Waals surface area contributed by atoms with E-state index < -0.39 is 0 Å². The smallest absolute Gasteiger partial charge is 0.314 e. The molecule has 1 rings (SSSR count). The van der Waals surface area contributed by atoms with Crippen molar-refractivity contribution in [2.75, 3.05) is 19.7 Å². The van der Waals surface area contributed by atoms with E-state index in [-0.39, 0.29) is 18.1 Å². The van der Waals surface area contributed by atoms with Gasteiger partial charge in [-0.05, 0) is 11.8 Å². The first-order valence-electron chi connectivity index (χ1n) is 7.41. The molecule has 21 heavy (non-hydrogen) atoms. The van der Waals surface area contributed by atoms with Gasteiger partial charge in [0.05, 0.1) is 10.7 Å². The molecular weight excluding hydrogens is 286 g/mol. The van der Waals surface area contributed by atoms with Crippen LogP contribution in [-0.2, 0) is 6.42 Å². The summed E-state index contributed by atoms with van der Waals surface area (Å²) in [6.07, 6.45) is 1.42. The number of carbonyl (C=O) groups excluding carboxylic acids is 1. The van der Waals surface area contributed by atoms with Crippen molar-refractivity contribution in [3.05, 3.63) is 16.1 Å². The molecule has 0 radical (unpaired) electrons. The standard InChI is InChI=1S/C15H27N3O2S/c1-11(2)13-18-12(9-21-13)5-7-16-14(20)17-10-15(3,4)6-8-19/h9,11,19H,5-8,10H2,1-4H3,(H2,16,17,20). The van der Waals surface area contributed by atoms with E-state index in [0.29, 0.717) is 25.4 Å². The molecule has 0 fully saturated rings. The first-order valence-corrected chi connectivity index (χ1v) is 8.29. The van der Waals surface area contributed by atoms with Gasteiger partial charge in [-0.1, -0.05) is 27.7 Å². The highest BCUT2D eigenvalue weighted by atomic mass is 32.1. The molecule has 0 atom stereocenters. The summed E-state index contributed by atoms with van der Waals surface area (Å²) in [5.74, 6) is 0.453. The fourth-order valence-electron chi connectivity index (χ4n) is 1.78. The lowest BCUT2D eigenvalue weighted by Crippen LogP contribution is -2.41. The normalized spacial score (nSPS) is 11.7. The largest absolute Gasteiger partial charge is 0.396 e. The quantitative estimate of drug-likeness (QED) is 0.690. The van der Waals surface area contributed by atoms with E-state index in [2.05, 4.69) is 34.8 Å². The molecule has 5 nitrogen and oxygen atoms in total. The van der Waals surface area contributed by atoms with Crippen LogP contribution in [0.4, 0.5) is 4.79 Å². The Kier molecular flexibility index (Phi) is 7.11. The minimum atomic E-state index is -0.166. The van der Waals surface area contributed by atoms with E-state index in [1.54, 1.807) is 11.3 Å². The topological polar surface area (TPSA) is 74.2 Å². The molecule has 0 aromatic carbocycles. The molecule has 120 valence electrons. The van der Waals surface area contributed by atoms with Gasteiger partial charge in [0.2, 0.25) is 0 Å². The maximum atomic E-state index is 11.7. The number of urea groups is 1. The maximum absolute atomic E-state index is 11.7. The van der Waals surface area contributed by atoms with Gasteiger partial charge in [-0.15, -0.1) is 11.3 Å². The predicted molar refractivity (Wildman–Crippen MR) is 86.8 cm³/mol. The zero-order valence-electron chi connectivity index (χ0n) is 13.4. The number of carbonyl (C=O) groups is 1. The van der Waals surface area contributed by atoms with Crippen molar-refractivity contribution in [2.45, 2.75) is 46.5 Å². The summed E-state index contributed by atoms with van der Waals surface area (Å²) >= 11 is 1.67. The number of nitrogens with one attached hydrogen (secondary N) is 2. The number of aliphatic hydroxyl groups is 1. The third-order valence-corrected chi connectivity index (χ3v) is 4.44. The molecule has 0 unspecified atom stereocenters. The second-order valence-electron chi connectivity index (χ2n) is 6.33. The third-order valence-electron chi connectivity index (χ3n) is 3.25. The van der Waals surface area contributed by atoms with E-state index in [4.69, 9.17) is 5.11 Å². The number of thiazole rings is 1. The van der Waals surface area contributed by atoms with Crippen LogP contribution in [0.5, 0.6) is 0 Å². The lowest BCUT2D eigenvalue weighted by atomic mass is 9.90. The van der Waals surface area contributed by atoms with Crippen molar-refractivity contribution >= 4 is 17.4 Å². The van der Waals surface area contributed by atoms with Gasteiger partial charge in [0.25, 0.3) is 0 Å². The number of aliphatic hydroxyl groups excluding tert-OH is 1. The van der Waals surface area contributed by atoms with E-state index in [1.807, 2.05) is 13.8 Å². The molecular formula is C15H27N3O2S. The van der Waals surface area contributed by atoms with E-state index in [1.165, 1.54) is 0 Å². The van der Waals surface area contributed by atoms with Gasteiger partial charge in [0.15, 0.2) is 0 Å². The highest BCUT2D eigenvalue weighted by Crippen LogP contribution is 2.19. The van der Waals surface area contributed by atoms with Crippen LogP contribution in [0.1, 0.15) is 50.7 Å². The fraction of sp³-hybridized carbons (Fsp3) is 0.733. The summed E-state index contributed by atoms with van der Waals surface area (Å²) in [6.45, 7) is 9.56. The van der Waals surface area contributed by atoms with Crippen LogP contribution in [0, 0.1) is 5.41 Å². The van der Waals surface area contributed by atoms with Crippen LogP contribution in [0.25, 0.3) is 0 Å². The van der Waals surface area contributed by atoms with Gasteiger partial charge >= 0.3 is 6.03 Å². The van der Waals surface area contributed by atoms with E-state index >= 15 is 0 Å². The molecule has 0 aliphatic carbocycles. The molecule has 1 aromatic rings. The number of nitrogens with zero attached hydrogens (tertiary/aromatic N) is 1. The van der Waals surface area contributed by atoms with Crippen LogP contribution in [-0.4, -0.2) is 35.8 Å². The van der Waals surface area contributed by atoms with Gasteiger partial charge in [0.1, 0.15) is 0 Å². The van der Waals surface area contributed by atoms with Crippen LogP contribution in [0.2, 0.25) is 0 Å². The minimum Gasteiger partial charge on any atom is -0.396 e. The number of rotatable bonds is 8. The molecule has 2 amide bonds. The van der Waals surface area contributed by atoms with Crippen molar-refractivity contribution in [1.82, 2.24) is 15.6 Å². The Labute approximate surface area is 131 Å². The number of amides is 2. The average molecular weight is 313 g/mol. The molecule has 1 aromatic heterocycles. The molecule has 0 aliphatic heterocycles. The molecule has 3 N–H and O–H groups in total. The Balaban J connectivity index is 2.24. The monoisotopic (exact) mass is 313 g/mol. The number of aromatic nitrogens is 1. The maximum Gasteiger partial charge on any atom is 0.314 e. The minimum absolute atomic E-state index is 0.0901. The third kappa shape index (κ3) is 6.91. The lowest BCUT2D eigenvalue weighted by molar-refractivity contribution is 0.201. The van der Waals surface area contributed by atoms with Crippen molar-refractivity contribution in [2.24, 2.45) is 5.41 Å². The van der Waals surface area contributed by atoms with Crippen LogP contribution in [0.3, 0.4) is 0 Å². The van der Waals surface area contributed by atoms with Gasteiger partial charge in [0, 0.05) is 37.4 Å². The molecule has 0 aliphatic rings. The first-order chi connectivity index (χ1) is 9.84. The van der Waals surface area contributed by atoms with E-state index in [9.17, 15) is 4.79 Å². The predicted octanol–water partition coefficient (Wildman–Crippen LogP) is 2.52. The Bertz CT molecular complexity index is 444. The first kappa shape index (κ1) is 17.9. The highest BCUT2D eigenvalue weighted by molar-refractivity contribution is 7.09. The summed E-state index contributed by atoms with van der Waals surface area (Å²) in [5.41, 5.74) is 0.942. The summed E-state index contributed by atoms with van der Waals surface area (Å²) in [4.78, 5) is 16.2. The zero-order valence-corrected chi connectivity index (χ0v) is 14.2. The van der Waals surface area contributed by atoms with Crippen molar-refractivity contribution < 1.29 is 9.90 Å². The molecule has 6 heteroatoms. The molecule has 0 saturated carbocycles.